The quantitative estimate of drug-likeness (QED) is 0.362. The van der Waals surface area contributed by atoms with Gasteiger partial charge in [-0.3, -0.25) is 19.4 Å². The number of sulfonamides is 1. The molecule has 0 spiro atoms. The molecule has 226 valence electrons. The van der Waals surface area contributed by atoms with E-state index in [0.29, 0.717) is 27.9 Å². The van der Waals surface area contributed by atoms with E-state index in [1.165, 1.54) is 34.4 Å². The number of hydrogen-bond acceptors (Lipinski definition) is 10. The number of halogens is 4. The summed E-state index contributed by atoms with van der Waals surface area (Å²) in [5.41, 5.74) is 0.656. The van der Waals surface area contributed by atoms with E-state index in [2.05, 4.69) is 26.2 Å². The van der Waals surface area contributed by atoms with Crippen LogP contribution in [0.4, 0.5) is 13.2 Å². The Morgan fingerprint density at radius 2 is 2.07 bits per heavy atom. The molecule has 5 rings (SSSR count). The van der Waals surface area contributed by atoms with Crippen molar-refractivity contribution in [2.75, 3.05) is 19.7 Å². The number of amides is 1. The molecule has 2 aliphatic heterocycles. The van der Waals surface area contributed by atoms with Crippen molar-refractivity contribution >= 4 is 55.0 Å². The summed E-state index contributed by atoms with van der Waals surface area (Å²) in [7, 11) is -3.85. The number of aliphatic imine (C=N–C) groups is 1. The highest BCUT2D eigenvalue weighted by Crippen LogP contribution is 2.39. The predicted octanol–water partition coefficient (Wildman–Crippen LogP) is 3.66. The number of hydrogen-bond donors (Lipinski definition) is 2. The van der Waals surface area contributed by atoms with Gasteiger partial charge in [-0.2, -0.15) is 0 Å². The van der Waals surface area contributed by atoms with E-state index >= 15 is 0 Å². The zero-order chi connectivity index (χ0) is 30.2. The van der Waals surface area contributed by atoms with Gasteiger partial charge in [-0.15, -0.1) is 11.3 Å². The van der Waals surface area contributed by atoms with Gasteiger partial charge in [0.15, 0.2) is 10.8 Å². The lowest BCUT2D eigenvalue weighted by Crippen LogP contribution is -2.43. The van der Waals surface area contributed by atoms with Crippen LogP contribution in [0, 0.1) is 5.82 Å². The van der Waals surface area contributed by atoms with Crippen molar-refractivity contribution in [3.63, 3.8) is 0 Å². The number of esters is 1. The first-order valence-electron chi connectivity index (χ1n) is 13.1. The number of likely N-dealkylation sites (tertiary alicyclic amines) is 1. The van der Waals surface area contributed by atoms with Crippen LogP contribution < -0.4 is 10.0 Å². The van der Waals surface area contributed by atoms with Gasteiger partial charge in [-0.1, -0.05) is 22.0 Å². The maximum atomic E-state index is 14.7. The van der Waals surface area contributed by atoms with Gasteiger partial charge in [-0.05, 0) is 37.5 Å². The summed E-state index contributed by atoms with van der Waals surface area (Å²) < 4.78 is 75.6. The Hall–Kier alpha value is -2.82. The molecule has 1 saturated carbocycles. The van der Waals surface area contributed by atoms with Crippen LogP contribution in [0.15, 0.2) is 50.5 Å². The number of aromatic nitrogens is 1. The van der Waals surface area contributed by atoms with E-state index in [0.717, 1.165) is 0 Å². The van der Waals surface area contributed by atoms with E-state index < -0.39 is 70.4 Å². The number of thiazole rings is 1. The average Bonchev–Trinajstić information content (AvgIpc) is 3.55. The number of benzene rings is 1. The molecule has 1 aliphatic carbocycles. The maximum absolute atomic E-state index is 14.7. The van der Waals surface area contributed by atoms with E-state index in [4.69, 9.17) is 9.73 Å². The molecule has 0 radical (unpaired) electrons. The highest BCUT2D eigenvalue weighted by atomic mass is 79.9. The van der Waals surface area contributed by atoms with Crippen LogP contribution in [0.1, 0.15) is 49.2 Å². The number of nitrogens with zero attached hydrogens (tertiary/aromatic N) is 3. The Balaban J connectivity index is 1.51. The standard InChI is InChI=1S/C26H27BrF3N5O5S2/c1-2-40-25(37)21-19(12-35-13-26(29,30)11-15(35)10-20(36)34-42(38,39)16-4-5-16)32-23(24-31-7-8-41-24)33-22(21)17-6-3-14(28)9-18(17)27/h3,6-9,15-16,22H,2,4-5,10-13H2,1H3,(H,32,33)(H,34,36). The zero-order valence-electron chi connectivity index (χ0n) is 22.3. The number of nitrogens with one attached hydrogen (secondary N) is 2. The van der Waals surface area contributed by atoms with Crippen LogP contribution >= 0.6 is 27.3 Å². The fourth-order valence-corrected chi connectivity index (χ4v) is 7.48. The molecule has 2 unspecified atom stereocenters. The summed E-state index contributed by atoms with van der Waals surface area (Å²) in [5.74, 6) is -5.03. The molecule has 42 heavy (non-hydrogen) atoms. The molecule has 1 aromatic carbocycles. The summed E-state index contributed by atoms with van der Waals surface area (Å²) >= 11 is 4.61. The second-order valence-electron chi connectivity index (χ2n) is 10.2. The number of alkyl halides is 2. The van der Waals surface area contributed by atoms with Crippen LogP contribution in [-0.2, 0) is 24.3 Å². The Kier molecular flexibility index (Phi) is 8.79. The number of carbonyl (C=O) groups is 2. The van der Waals surface area contributed by atoms with Crippen LogP contribution in [0.2, 0.25) is 0 Å². The zero-order valence-corrected chi connectivity index (χ0v) is 25.5. The third-order valence-corrected chi connectivity index (χ3v) is 10.3. The highest BCUT2D eigenvalue weighted by Gasteiger charge is 2.47. The molecule has 2 atom stereocenters. The van der Waals surface area contributed by atoms with Crippen LogP contribution in [0.5, 0.6) is 0 Å². The van der Waals surface area contributed by atoms with Crippen molar-refractivity contribution in [1.29, 1.82) is 0 Å². The molecule has 1 saturated heterocycles. The minimum absolute atomic E-state index is 0.0238. The summed E-state index contributed by atoms with van der Waals surface area (Å²) in [6.45, 7) is 0.676. The second kappa shape index (κ2) is 12.1. The summed E-state index contributed by atoms with van der Waals surface area (Å²) in [4.78, 5) is 36.3. The van der Waals surface area contributed by atoms with Crippen molar-refractivity contribution in [2.24, 2.45) is 4.99 Å². The summed E-state index contributed by atoms with van der Waals surface area (Å²) in [6, 6.07) is 1.87. The Labute approximate surface area is 252 Å². The Bertz CT molecular complexity index is 1550. The highest BCUT2D eigenvalue weighted by molar-refractivity contribution is 9.10. The number of amidine groups is 1. The lowest BCUT2D eigenvalue weighted by molar-refractivity contribution is -0.139. The molecule has 2 aromatic rings. The summed E-state index contributed by atoms with van der Waals surface area (Å²) in [5, 5.41) is 4.61. The number of carbonyl (C=O) groups excluding carboxylic acids is 2. The maximum Gasteiger partial charge on any atom is 0.338 e. The molecule has 16 heteroatoms. The number of ether oxygens (including phenoxy) is 1. The largest absolute Gasteiger partial charge is 0.463 e. The van der Waals surface area contributed by atoms with Crippen molar-refractivity contribution in [2.45, 2.75) is 55.9 Å². The van der Waals surface area contributed by atoms with Gasteiger partial charge in [0.25, 0.3) is 5.92 Å². The molecule has 0 bridgehead atoms. The van der Waals surface area contributed by atoms with Crippen molar-refractivity contribution < 1.29 is 35.9 Å². The van der Waals surface area contributed by atoms with Gasteiger partial charge in [0.2, 0.25) is 15.9 Å². The Morgan fingerprint density at radius 1 is 1.31 bits per heavy atom. The van der Waals surface area contributed by atoms with Gasteiger partial charge in [0, 0.05) is 47.2 Å². The van der Waals surface area contributed by atoms with Gasteiger partial charge in [0.05, 0.1) is 24.0 Å². The van der Waals surface area contributed by atoms with Crippen LogP contribution in [0.3, 0.4) is 0 Å². The van der Waals surface area contributed by atoms with E-state index in [-0.39, 0.29) is 30.3 Å². The van der Waals surface area contributed by atoms with E-state index in [1.54, 1.807) is 18.5 Å². The first-order chi connectivity index (χ1) is 19.9. The van der Waals surface area contributed by atoms with Gasteiger partial charge < -0.3 is 10.1 Å². The molecule has 3 aliphatic rings. The molecule has 1 aromatic heterocycles. The van der Waals surface area contributed by atoms with Crippen molar-refractivity contribution in [3.05, 3.63) is 61.9 Å². The Morgan fingerprint density at radius 3 is 2.71 bits per heavy atom. The third-order valence-electron chi connectivity index (χ3n) is 7.00. The molecule has 3 heterocycles. The van der Waals surface area contributed by atoms with Crippen LogP contribution in [0.25, 0.3) is 0 Å². The van der Waals surface area contributed by atoms with Crippen LogP contribution in [-0.4, -0.2) is 72.9 Å². The predicted molar refractivity (Wildman–Crippen MR) is 152 cm³/mol. The molecular formula is C26H27BrF3N5O5S2. The number of rotatable bonds is 10. The normalized spacial score (nSPS) is 22.5. The monoisotopic (exact) mass is 689 g/mol. The minimum atomic E-state index is -3.85. The molecule has 1 amide bonds. The van der Waals surface area contributed by atoms with E-state index in [9.17, 15) is 31.2 Å². The first-order valence-corrected chi connectivity index (χ1v) is 16.3. The lowest BCUT2D eigenvalue weighted by Gasteiger charge is -2.31. The van der Waals surface area contributed by atoms with E-state index in [1.807, 2.05) is 4.72 Å². The third kappa shape index (κ3) is 6.87. The lowest BCUT2D eigenvalue weighted by atomic mass is 9.95. The van der Waals surface area contributed by atoms with Gasteiger partial charge in [-0.25, -0.2) is 31.4 Å². The minimum Gasteiger partial charge on any atom is -0.463 e. The van der Waals surface area contributed by atoms with Crippen molar-refractivity contribution in [3.8, 4) is 0 Å². The SMILES string of the molecule is CCOC(=O)C1=C(CN2CC(F)(F)CC2CC(=O)NS(=O)(=O)C2CC2)NC(c2nccs2)=NC1c1ccc(F)cc1Br. The molecular weight excluding hydrogens is 663 g/mol. The fraction of sp³-hybridized carbons (Fsp3) is 0.462. The fourth-order valence-electron chi connectivity index (χ4n) is 5.00. The summed E-state index contributed by atoms with van der Waals surface area (Å²) in [6.07, 6.45) is 1.29. The molecule has 10 nitrogen and oxygen atoms in total. The molecule has 2 fully saturated rings. The molecule has 2 N–H and O–H groups in total. The van der Waals surface area contributed by atoms with Crippen molar-refractivity contribution in [1.82, 2.24) is 19.9 Å². The first kappa shape index (κ1) is 30.6. The van der Waals surface area contributed by atoms with Gasteiger partial charge in [0.1, 0.15) is 11.9 Å². The topological polar surface area (TPSA) is 130 Å². The second-order valence-corrected chi connectivity index (χ2v) is 13.9. The smallest absolute Gasteiger partial charge is 0.338 e. The average molecular weight is 691 g/mol. The van der Waals surface area contributed by atoms with Gasteiger partial charge >= 0.3 is 5.97 Å².